The third-order valence-electron chi connectivity index (χ3n) is 3.56. The van der Waals surface area contributed by atoms with Crippen molar-refractivity contribution in [3.63, 3.8) is 0 Å². The normalized spacial score (nSPS) is 11.3. The number of Topliss-reactive ketones (excluding diaryl/α,β-unsaturated/α-hetero) is 1. The molecule has 0 aliphatic rings. The van der Waals surface area contributed by atoms with Gasteiger partial charge in [0, 0.05) is 23.7 Å². The fraction of sp³-hybridized carbons (Fsp3) is 0.111. The quantitative estimate of drug-likeness (QED) is 0.625. The Morgan fingerprint density at radius 2 is 1.96 bits per heavy atom. The minimum atomic E-state index is -3.71. The fourth-order valence-corrected chi connectivity index (χ4v) is 3.75. The summed E-state index contributed by atoms with van der Waals surface area (Å²) in [5.74, 6) is 0.443. The molecule has 2 aromatic carbocycles. The Morgan fingerprint density at radius 3 is 2.62 bits per heavy atom. The van der Waals surface area contributed by atoms with Gasteiger partial charge in [-0.1, -0.05) is 35.6 Å². The number of sulfonamides is 1. The van der Waals surface area contributed by atoms with Crippen LogP contribution in [0.15, 0.2) is 65.0 Å². The highest BCUT2D eigenvalue weighted by molar-refractivity contribution is 7.89. The number of hydrogen-bond acceptors (Lipinski definition) is 6. The number of thiazole rings is 1. The van der Waals surface area contributed by atoms with Crippen molar-refractivity contribution in [3.8, 4) is 10.9 Å². The zero-order valence-corrected chi connectivity index (χ0v) is 15.5. The van der Waals surface area contributed by atoms with E-state index in [1.807, 2.05) is 5.38 Å². The second-order valence-electron chi connectivity index (χ2n) is 5.45. The Labute approximate surface area is 155 Å². The van der Waals surface area contributed by atoms with E-state index in [-0.39, 0.29) is 17.2 Å². The first-order valence-corrected chi connectivity index (χ1v) is 10.1. The first-order chi connectivity index (χ1) is 12.4. The smallest absolute Gasteiger partial charge is 0.278 e. The van der Waals surface area contributed by atoms with E-state index < -0.39 is 10.0 Å². The van der Waals surface area contributed by atoms with Gasteiger partial charge in [-0.05, 0) is 36.8 Å². The van der Waals surface area contributed by atoms with Crippen LogP contribution in [0.5, 0.6) is 10.9 Å². The standard InChI is InChI=1S/C18H16N2O4S2/c1-13(21)15-3-2-4-17(11-15)26(22,23)20-12-14-5-7-16(8-6-14)24-18-19-9-10-25-18/h2-11,20H,12H2,1H3. The van der Waals surface area contributed by atoms with Crippen LogP contribution in [0.4, 0.5) is 0 Å². The molecule has 3 rings (SSSR count). The number of carbonyl (C=O) groups excluding carboxylic acids is 1. The second kappa shape index (κ2) is 7.77. The average Bonchev–Trinajstić information content (AvgIpc) is 3.14. The summed E-state index contributed by atoms with van der Waals surface area (Å²) in [6.45, 7) is 1.53. The van der Waals surface area contributed by atoms with Gasteiger partial charge in [0.05, 0.1) is 4.90 Å². The molecule has 0 unspecified atom stereocenters. The van der Waals surface area contributed by atoms with Crippen molar-refractivity contribution in [2.45, 2.75) is 18.4 Å². The van der Waals surface area contributed by atoms with Crippen LogP contribution in [0, 0.1) is 0 Å². The number of ketones is 1. The van der Waals surface area contributed by atoms with E-state index in [2.05, 4.69) is 9.71 Å². The molecule has 1 heterocycles. The van der Waals surface area contributed by atoms with Crippen molar-refractivity contribution in [1.82, 2.24) is 9.71 Å². The molecule has 0 radical (unpaired) electrons. The molecule has 0 saturated carbocycles. The Bertz CT molecular complexity index is 998. The van der Waals surface area contributed by atoms with Crippen molar-refractivity contribution in [3.05, 3.63) is 71.2 Å². The van der Waals surface area contributed by atoms with Gasteiger partial charge < -0.3 is 4.74 Å². The van der Waals surface area contributed by atoms with Crippen LogP contribution in [0.25, 0.3) is 0 Å². The third kappa shape index (κ3) is 4.54. The van der Waals surface area contributed by atoms with Crippen molar-refractivity contribution in [2.75, 3.05) is 0 Å². The number of ether oxygens (including phenoxy) is 1. The van der Waals surface area contributed by atoms with Gasteiger partial charge in [0.25, 0.3) is 5.19 Å². The van der Waals surface area contributed by atoms with Gasteiger partial charge in [0.1, 0.15) is 5.75 Å². The minimum Gasteiger partial charge on any atom is -0.431 e. The summed E-state index contributed by atoms with van der Waals surface area (Å²) in [6.07, 6.45) is 1.66. The lowest BCUT2D eigenvalue weighted by Gasteiger charge is -2.08. The predicted octanol–water partition coefficient (Wildman–Crippen LogP) is 3.62. The van der Waals surface area contributed by atoms with E-state index in [1.165, 1.54) is 30.4 Å². The summed E-state index contributed by atoms with van der Waals surface area (Å²) in [7, 11) is -3.71. The summed E-state index contributed by atoms with van der Waals surface area (Å²) < 4.78 is 32.9. The molecule has 0 bridgehead atoms. The van der Waals surface area contributed by atoms with Crippen LogP contribution in [-0.2, 0) is 16.6 Å². The number of aromatic nitrogens is 1. The van der Waals surface area contributed by atoms with E-state index in [4.69, 9.17) is 4.74 Å². The maximum atomic E-state index is 12.4. The van der Waals surface area contributed by atoms with E-state index in [9.17, 15) is 13.2 Å². The molecule has 0 aliphatic carbocycles. The fourth-order valence-electron chi connectivity index (χ4n) is 2.18. The molecule has 0 spiro atoms. The lowest BCUT2D eigenvalue weighted by Crippen LogP contribution is -2.23. The van der Waals surface area contributed by atoms with Crippen LogP contribution in [-0.4, -0.2) is 19.2 Å². The molecule has 0 saturated heterocycles. The molecule has 134 valence electrons. The number of benzene rings is 2. The maximum absolute atomic E-state index is 12.4. The summed E-state index contributed by atoms with van der Waals surface area (Å²) in [5, 5.41) is 2.36. The molecule has 8 heteroatoms. The van der Waals surface area contributed by atoms with Crippen LogP contribution in [0.3, 0.4) is 0 Å². The molecule has 1 aromatic heterocycles. The van der Waals surface area contributed by atoms with Gasteiger partial charge in [-0.15, -0.1) is 0 Å². The summed E-state index contributed by atoms with van der Waals surface area (Å²) in [5.41, 5.74) is 1.14. The Kier molecular flexibility index (Phi) is 5.46. The highest BCUT2D eigenvalue weighted by Crippen LogP contribution is 2.23. The molecule has 0 fully saturated rings. The Hall–Kier alpha value is -2.55. The van der Waals surface area contributed by atoms with E-state index >= 15 is 0 Å². The predicted molar refractivity (Wildman–Crippen MR) is 99.1 cm³/mol. The van der Waals surface area contributed by atoms with E-state index in [0.29, 0.717) is 16.5 Å². The SMILES string of the molecule is CC(=O)c1cccc(S(=O)(=O)NCc2ccc(Oc3nccs3)cc2)c1. The van der Waals surface area contributed by atoms with Gasteiger partial charge >= 0.3 is 0 Å². The molecule has 0 aliphatic heterocycles. The average molecular weight is 388 g/mol. The highest BCUT2D eigenvalue weighted by atomic mass is 32.2. The van der Waals surface area contributed by atoms with Gasteiger partial charge in [-0.2, -0.15) is 0 Å². The van der Waals surface area contributed by atoms with E-state index in [0.717, 1.165) is 5.56 Å². The highest BCUT2D eigenvalue weighted by Gasteiger charge is 2.15. The van der Waals surface area contributed by atoms with Crippen molar-refractivity contribution in [2.24, 2.45) is 0 Å². The summed E-state index contributed by atoms with van der Waals surface area (Å²) in [4.78, 5) is 15.5. The number of nitrogens with zero attached hydrogens (tertiary/aromatic N) is 1. The Balaban J connectivity index is 1.66. The monoisotopic (exact) mass is 388 g/mol. The van der Waals surface area contributed by atoms with Gasteiger partial charge in [0.15, 0.2) is 5.78 Å². The van der Waals surface area contributed by atoms with Crippen molar-refractivity contribution >= 4 is 27.1 Å². The van der Waals surface area contributed by atoms with E-state index in [1.54, 1.807) is 42.6 Å². The van der Waals surface area contributed by atoms with Gasteiger partial charge in [-0.25, -0.2) is 18.1 Å². The second-order valence-corrected chi connectivity index (χ2v) is 8.08. The molecule has 3 aromatic rings. The Morgan fingerprint density at radius 1 is 1.19 bits per heavy atom. The first-order valence-electron chi connectivity index (χ1n) is 7.71. The lowest BCUT2D eigenvalue weighted by atomic mass is 10.2. The van der Waals surface area contributed by atoms with Crippen LogP contribution in [0.2, 0.25) is 0 Å². The van der Waals surface area contributed by atoms with Gasteiger partial charge in [-0.3, -0.25) is 4.79 Å². The largest absolute Gasteiger partial charge is 0.431 e. The van der Waals surface area contributed by atoms with Crippen LogP contribution in [0.1, 0.15) is 22.8 Å². The molecule has 0 amide bonds. The number of nitrogens with one attached hydrogen (secondary N) is 1. The van der Waals surface area contributed by atoms with Crippen molar-refractivity contribution in [1.29, 1.82) is 0 Å². The zero-order chi connectivity index (χ0) is 18.6. The minimum absolute atomic E-state index is 0.0638. The first kappa shape index (κ1) is 18.2. The third-order valence-corrected chi connectivity index (χ3v) is 5.60. The van der Waals surface area contributed by atoms with Crippen LogP contribution < -0.4 is 9.46 Å². The summed E-state index contributed by atoms with van der Waals surface area (Å²) >= 11 is 1.39. The molecular formula is C18H16N2O4S2. The number of hydrogen-bond donors (Lipinski definition) is 1. The molecule has 0 atom stereocenters. The lowest BCUT2D eigenvalue weighted by molar-refractivity contribution is 0.101. The molecular weight excluding hydrogens is 372 g/mol. The maximum Gasteiger partial charge on any atom is 0.278 e. The van der Waals surface area contributed by atoms with Crippen molar-refractivity contribution < 1.29 is 17.9 Å². The van der Waals surface area contributed by atoms with Crippen LogP contribution >= 0.6 is 11.3 Å². The summed E-state index contributed by atoms with van der Waals surface area (Å²) in [6, 6.07) is 13.0. The molecule has 6 nitrogen and oxygen atoms in total. The number of carbonyl (C=O) groups is 1. The molecule has 26 heavy (non-hydrogen) atoms. The van der Waals surface area contributed by atoms with Gasteiger partial charge in [0.2, 0.25) is 10.0 Å². The number of rotatable bonds is 7. The zero-order valence-electron chi connectivity index (χ0n) is 13.9. The molecule has 1 N–H and O–H groups in total. The topological polar surface area (TPSA) is 85.4 Å².